The van der Waals surface area contributed by atoms with Crippen molar-refractivity contribution in [1.82, 2.24) is 10.2 Å². The molecule has 2 aliphatic rings. The number of fused-ring (bicyclic) bond motifs is 3. The van der Waals surface area contributed by atoms with E-state index in [1.165, 1.54) is 24.0 Å². The van der Waals surface area contributed by atoms with Crippen LogP contribution in [0.25, 0.3) is 0 Å². The summed E-state index contributed by atoms with van der Waals surface area (Å²) in [6.07, 6.45) is 3.32. The minimum atomic E-state index is -2.01. The molecule has 2 bridgehead atoms. The van der Waals surface area contributed by atoms with E-state index in [4.69, 9.17) is 30.5 Å². The molecule has 1 fully saturated rings. The van der Waals surface area contributed by atoms with Crippen molar-refractivity contribution in [3.8, 4) is 5.75 Å². The van der Waals surface area contributed by atoms with Crippen molar-refractivity contribution in [1.29, 1.82) is 0 Å². The van der Waals surface area contributed by atoms with E-state index in [-0.39, 0.29) is 53.1 Å². The predicted molar refractivity (Wildman–Crippen MR) is 237 cm³/mol. The number of carboxylic acid groups (broad SMARTS) is 1. The number of hydrogen-bond acceptors (Lipinski definition) is 12. The van der Waals surface area contributed by atoms with Gasteiger partial charge in [0.25, 0.3) is 0 Å². The first kappa shape index (κ1) is 51.1. The average Bonchev–Trinajstić information content (AvgIpc) is 3.88. The average molecular weight is 899 g/mol. The van der Waals surface area contributed by atoms with Gasteiger partial charge in [0, 0.05) is 44.5 Å². The fraction of sp³-hybridized carbons (Fsp3) is 0.651. The highest BCUT2D eigenvalue weighted by Crippen LogP contribution is 2.48. The topological polar surface area (TPSA) is 185 Å². The molecule has 1 aromatic carbocycles. The van der Waals surface area contributed by atoms with Gasteiger partial charge < -0.3 is 43.8 Å². The molecule has 0 radical (unpaired) electrons. The van der Waals surface area contributed by atoms with Gasteiger partial charge in [-0.15, -0.1) is 0 Å². The van der Waals surface area contributed by atoms with Crippen molar-refractivity contribution in [2.75, 3.05) is 39.0 Å². The first-order valence-electron chi connectivity index (χ1n) is 20.2. The number of carbonyl (C=O) groups is 5. The summed E-state index contributed by atoms with van der Waals surface area (Å²) < 4.78 is 23.3. The highest BCUT2D eigenvalue weighted by atomic mass is 35.5. The van der Waals surface area contributed by atoms with Crippen molar-refractivity contribution in [3.63, 3.8) is 0 Å². The number of halogens is 1. The van der Waals surface area contributed by atoms with E-state index < -0.39 is 53.6 Å². The van der Waals surface area contributed by atoms with Crippen molar-refractivity contribution < 1.29 is 53.1 Å². The van der Waals surface area contributed by atoms with Crippen molar-refractivity contribution in [2.24, 2.45) is 5.92 Å². The van der Waals surface area contributed by atoms with Gasteiger partial charge in [-0.1, -0.05) is 63.9 Å². The van der Waals surface area contributed by atoms with Gasteiger partial charge in [0.05, 0.1) is 25.3 Å². The summed E-state index contributed by atoms with van der Waals surface area (Å²) in [5.74, 6) is -0.369. The van der Waals surface area contributed by atoms with Gasteiger partial charge in [-0.2, -0.15) is 0 Å². The number of Topliss-reactive ketones (excluding diaryl/α,β-unsaturated/α-hetero) is 1. The van der Waals surface area contributed by atoms with Crippen LogP contribution >= 0.6 is 33.2 Å². The number of allylic oxidation sites excluding steroid dienone is 3. The van der Waals surface area contributed by atoms with E-state index in [9.17, 15) is 34.2 Å². The number of amides is 3. The second-order valence-electron chi connectivity index (χ2n) is 16.7. The standard InChI is InChI=1S/C43H64ClN3O11S2/c1-26-14-12-16-33(56-11)43(54,45-40(52)53)20-17-27(2)38-42(7,58-38)34(25-36(50)47(9)31-23-30(22-26)24-32(55-10)37(31)44)57-39(51)29(4)46(8)35(49)18-19-41(5,6)60-59-21-13-15-28(3)48/h12,14,16,23-24,27,29,33-34,38,45,54H,13,15,17-22,25H2,1-11H3,(H,52,53). The molecule has 7 atom stereocenters. The number of rotatable bonds is 15. The Labute approximate surface area is 367 Å². The Balaban J connectivity index is 1.93. The highest BCUT2D eigenvalue weighted by Gasteiger charge is 2.62. The smallest absolute Gasteiger partial charge is 0.406 e. The molecule has 3 N–H and O–H groups in total. The molecule has 0 saturated carbocycles. The molecule has 7 unspecified atom stereocenters. The molecule has 17 heteroatoms. The number of epoxide rings is 1. The quantitative estimate of drug-likeness (QED) is 0.0522. The maximum atomic E-state index is 14.2. The van der Waals surface area contributed by atoms with Gasteiger partial charge in [0.15, 0.2) is 5.72 Å². The van der Waals surface area contributed by atoms with Crippen LogP contribution in [0, 0.1) is 5.92 Å². The van der Waals surface area contributed by atoms with Gasteiger partial charge in [0.1, 0.15) is 40.4 Å². The molecule has 60 heavy (non-hydrogen) atoms. The molecule has 2 aliphatic heterocycles. The van der Waals surface area contributed by atoms with Crippen LogP contribution in [0.1, 0.15) is 99.0 Å². The second-order valence-corrected chi connectivity index (χ2v) is 20.2. The van der Waals surface area contributed by atoms with Crippen LogP contribution in [0.5, 0.6) is 5.75 Å². The van der Waals surface area contributed by atoms with Crippen LogP contribution in [0.4, 0.5) is 10.5 Å². The molecule has 0 aromatic heterocycles. The predicted octanol–water partition coefficient (Wildman–Crippen LogP) is 7.37. The maximum Gasteiger partial charge on any atom is 0.406 e. The number of nitrogens with zero attached hydrogens (tertiary/aromatic N) is 2. The van der Waals surface area contributed by atoms with Crippen LogP contribution in [0.3, 0.4) is 0 Å². The Hall–Kier alpha value is -3.28. The Morgan fingerprint density at radius 2 is 1.88 bits per heavy atom. The number of benzene rings is 1. The highest BCUT2D eigenvalue weighted by molar-refractivity contribution is 8.77. The summed E-state index contributed by atoms with van der Waals surface area (Å²) in [5, 5.41) is 23.8. The molecule has 0 aliphatic carbocycles. The SMILES string of the molecule is COc1cc2cc(c1Cl)N(C)C(=O)CC(OC(=O)C(C)N(C)C(=O)CCC(C)(C)SSCCCC(C)=O)C1(C)OC1C(C)CCC(O)(NC(=O)O)C(OC)C=CC=C(C)C2. The van der Waals surface area contributed by atoms with E-state index in [1.54, 1.807) is 80.7 Å². The molecule has 3 amide bonds. The zero-order chi connectivity index (χ0) is 45.2. The summed E-state index contributed by atoms with van der Waals surface area (Å²) in [6, 6.07) is 2.55. The van der Waals surface area contributed by atoms with Gasteiger partial charge in [-0.25, -0.2) is 9.59 Å². The van der Waals surface area contributed by atoms with Crippen molar-refractivity contribution >= 4 is 68.5 Å². The van der Waals surface area contributed by atoms with E-state index in [1.807, 2.05) is 19.9 Å². The summed E-state index contributed by atoms with van der Waals surface area (Å²) in [6.45, 7) is 12.8. The van der Waals surface area contributed by atoms with Crippen LogP contribution in [0.2, 0.25) is 5.02 Å². The number of ether oxygens (including phenoxy) is 4. The molecular formula is C43H64ClN3O11S2. The Kier molecular flexibility index (Phi) is 18.9. The van der Waals surface area contributed by atoms with E-state index in [0.29, 0.717) is 30.7 Å². The van der Waals surface area contributed by atoms with Gasteiger partial charge in [0.2, 0.25) is 11.8 Å². The molecule has 3 rings (SSSR count). The molecule has 1 aromatic rings. The number of ketones is 1. The molecule has 336 valence electrons. The third-order valence-corrected chi connectivity index (χ3v) is 15.0. The lowest BCUT2D eigenvalue weighted by Crippen LogP contribution is -2.56. The Morgan fingerprint density at radius 3 is 2.50 bits per heavy atom. The third-order valence-electron chi connectivity index (χ3n) is 11.2. The molecule has 0 spiro atoms. The van der Waals surface area contributed by atoms with Crippen LogP contribution in [0.15, 0.2) is 35.9 Å². The number of hydrogen-bond donors (Lipinski definition) is 3. The number of anilines is 1. The van der Waals surface area contributed by atoms with E-state index >= 15 is 0 Å². The largest absolute Gasteiger partial charge is 0.495 e. The minimum absolute atomic E-state index is 0.0595. The number of carbonyl (C=O) groups excluding carboxylic acids is 4. The zero-order valence-electron chi connectivity index (χ0n) is 36.8. The summed E-state index contributed by atoms with van der Waals surface area (Å²) in [4.78, 5) is 67.5. The third kappa shape index (κ3) is 14.1. The lowest BCUT2D eigenvalue weighted by atomic mass is 9.86. The van der Waals surface area contributed by atoms with Crippen LogP contribution in [-0.2, 0) is 39.8 Å². The number of methoxy groups -OCH3 is 2. The molecular weight excluding hydrogens is 834 g/mol. The number of aliphatic hydroxyl groups is 1. The molecule has 1 saturated heterocycles. The Bertz CT molecular complexity index is 1780. The number of esters is 1. The fourth-order valence-electron chi connectivity index (χ4n) is 7.12. The molecule has 14 nitrogen and oxygen atoms in total. The number of likely N-dealkylation sites (N-methyl/N-ethyl adjacent to an activating group) is 1. The lowest BCUT2D eigenvalue weighted by molar-refractivity contribution is -0.162. The second kappa shape index (κ2) is 22.2. The maximum absolute atomic E-state index is 14.2. The Morgan fingerprint density at radius 1 is 1.20 bits per heavy atom. The first-order chi connectivity index (χ1) is 28.0. The van der Waals surface area contributed by atoms with Gasteiger partial charge in [-0.05, 0) is 97.3 Å². The summed E-state index contributed by atoms with van der Waals surface area (Å²) in [5.41, 5.74) is -1.13. The van der Waals surface area contributed by atoms with Crippen LogP contribution in [-0.4, -0.2) is 119 Å². The lowest BCUT2D eigenvalue weighted by Gasteiger charge is -2.34. The minimum Gasteiger partial charge on any atom is -0.495 e. The van der Waals surface area contributed by atoms with Crippen molar-refractivity contribution in [2.45, 2.75) is 140 Å². The summed E-state index contributed by atoms with van der Waals surface area (Å²) in [7, 11) is 9.32. The molecule has 2 heterocycles. The van der Waals surface area contributed by atoms with E-state index in [0.717, 1.165) is 23.3 Å². The first-order valence-corrected chi connectivity index (χ1v) is 22.9. The normalized spacial score (nSPS) is 25.7. The monoisotopic (exact) mass is 897 g/mol. The van der Waals surface area contributed by atoms with E-state index in [2.05, 4.69) is 19.2 Å². The van der Waals surface area contributed by atoms with Gasteiger partial charge in [-0.3, -0.25) is 14.9 Å². The summed E-state index contributed by atoms with van der Waals surface area (Å²) >= 11 is 6.78. The van der Waals surface area contributed by atoms with Gasteiger partial charge >= 0.3 is 12.1 Å². The number of nitrogens with one attached hydrogen (secondary N) is 1. The van der Waals surface area contributed by atoms with Crippen LogP contribution < -0.4 is 15.0 Å². The fourth-order valence-corrected chi connectivity index (χ4v) is 10.1. The van der Waals surface area contributed by atoms with Crippen molar-refractivity contribution in [3.05, 3.63) is 46.5 Å². The zero-order valence-corrected chi connectivity index (χ0v) is 39.2.